The van der Waals surface area contributed by atoms with E-state index in [1.54, 1.807) is 22.9 Å². The highest BCUT2D eigenvalue weighted by Gasteiger charge is 2.34. The maximum absolute atomic E-state index is 14.1. The van der Waals surface area contributed by atoms with Gasteiger partial charge in [0.15, 0.2) is 11.6 Å². The van der Waals surface area contributed by atoms with E-state index in [-0.39, 0.29) is 18.1 Å². The van der Waals surface area contributed by atoms with E-state index in [4.69, 9.17) is 5.11 Å². The van der Waals surface area contributed by atoms with Crippen LogP contribution >= 0.6 is 11.9 Å². The SMILES string of the molecule is CC(SNCCO)C1CCC(CN2Cc3ccc(O)c(F)c3C2=O)CC1. The van der Waals surface area contributed by atoms with Crippen molar-refractivity contribution in [2.45, 2.75) is 44.4 Å². The van der Waals surface area contributed by atoms with Gasteiger partial charge in [-0.15, -0.1) is 0 Å². The number of amides is 1. The molecule has 144 valence electrons. The normalized spacial score (nSPS) is 24.0. The van der Waals surface area contributed by atoms with E-state index < -0.39 is 11.6 Å². The average molecular weight is 383 g/mol. The minimum atomic E-state index is -0.792. The second-order valence-corrected chi connectivity index (χ2v) is 8.61. The molecule has 2 aliphatic rings. The molecular weight excluding hydrogens is 355 g/mol. The van der Waals surface area contributed by atoms with Crippen molar-refractivity contribution in [3.63, 3.8) is 0 Å². The van der Waals surface area contributed by atoms with E-state index in [0.29, 0.717) is 42.3 Å². The van der Waals surface area contributed by atoms with E-state index in [1.165, 1.54) is 6.07 Å². The first-order valence-electron chi connectivity index (χ1n) is 9.30. The lowest BCUT2D eigenvalue weighted by Crippen LogP contribution is -2.33. The minimum absolute atomic E-state index is 0.0404. The largest absolute Gasteiger partial charge is 0.505 e. The number of fused-ring (bicyclic) bond motifs is 1. The highest BCUT2D eigenvalue weighted by molar-refractivity contribution is 7.98. The number of hydrogen-bond donors (Lipinski definition) is 3. The molecule has 1 aromatic rings. The third-order valence-electron chi connectivity index (χ3n) is 5.59. The van der Waals surface area contributed by atoms with E-state index in [1.807, 2.05) is 0 Å². The standard InChI is InChI=1S/C19H27FN2O3S/c1-12(26-21-8-9-23)14-4-2-13(3-5-14)10-22-11-15-6-7-16(24)18(20)17(15)19(22)25/h6-7,12-14,21,23-24H,2-5,8-11H2,1H3. The molecular formula is C19H27FN2O3S. The van der Waals surface area contributed by atoms with Crippen LogP contribution in [0.5, 0.6) is 5.75 Å². The maximum Gasteiger partial charge on any atom is 0.257 e. The van der Waals surface area contributed by atoms with E-state index in [9.17, 15) is 14.3 Å². The number of hydrogen-bond acceptors (Lipinski definition) is 5. The number of aliphatic hydroxyl groups is 1. The Morgan fingerprint density at radius 2 is 2.08 bits per heavy atom. The van der Waals surface area contributed by atoms with Crippen LogP contribution in [0, 0.1) is 17.7 Å². The Kier molecular flexibility index (Phi) is 6.42. The van der Waals surface area contributed by atoms with Gasteiger partial charge in [0.1, 0.15) is 0 Å². The Balaban J connectivity index is 1.50. The molecule has 0 radical (unpaired) electrons. The molecule has 1 saturated carbocycles. The van der Waals surface area contributed by atoms with Gasteiger partial charge in [-0.25, -0.2) is 4.39 Å². The predicted molar refractivity (Wildman–Crippen MR) is 100 cm³/mol. The molecule has 1 aromatic carbocycles. The zero-order valence-corrected chi connectivity index (χ0v) is 15.9. The predicted octanol–water partition coefficient (Wildman–Crippen LogP) is 2.91. The molecule has 1 aliphatic heterocycles. The average Bonchev–Trinajstić information content (AvgIpc) is 2.95. The molecule has 1 unspecified atom stereocenters. The van der Waals surface area contributed by atoms with E-state index in [2.05, 4.69) is 11.6 Å². The summed E-state index contributed by atoms with van der Waals surface area (Å²) in [6.45, 7) is 4.06. The fourth-order valence-corrected chi connectivity index (χ4v) is 4.97. The van der Waals surface area contributed by atoms with Crippen molar-refractivity contribution in [1.29, 1.82) is 0 Å². The zero-order chi connectivity index (χ0) is 18.7. The third-order valence-corrected chi connectivity index (χ3v) is 6.71. The van der Waals surface area contributed by atoms with Gasteiger partial charge in [-0.2, -0.15) is 0 Å². The van der Waals surface area contributed by atoms with Gasteiger partial charge in [-0.3, -0.25) is 9.52 Å². The first-order valence-corrected chi connectivity index (χ1v) is 10.2. The molecule has 0 bridgehead atoms. The summed E-state index contributed by atoms with van der Waals surface area (Å²) in [7, 11) is 0. The first-order chi connectivity index (χ1) is 12.5. The number of phenolic OH excluding ortho intramolecular Hbond substituents is 1. The second kappa shape index (κ2) is 8.59. The zero-order valence-electron chi connectivity index (χ0n) is 15.1. The molecule has 0 saturated heterocycles. The van der Waals surface area contributed by atoms with Gasteiger partial charge in [-0.1, -0.05) is 24.9 Å². The second-order valence-electron chi connectivity index (χ2n) is 7.34. The van der Waals surface area contributed by atoms with Gasteiger partial charge in [0.2, 0.25) is 0 Å². The molecule has 3 N–H and O–H groups in total. The van der Waals surface area contributed by atoms with Gasteiger partial charge in [-0.05, 0) is 49.1 Å². The van der Waals surface area contributed by atoms with Crippen LogP contribution in [0.3, 0.4) is 0 Å². The Hall–Kier alpha value is -1.31. The number of rotatable bonds is 7. The van der Waals surface area contributed by atoms with Crippen molar-refractivity contribution < 1.29 is 19.4 Å². The number of benzene rings is 1. The summed E-state index contributed by atoms with van der Waals surface area (Å²) in [5, 5.41) is 18.8. The summed E-state index contributed by atoms with van der Waals surface area (Å²) in [4.78, 5) is 14.2. The van der Waals surface area contributed by atoms with Crippen molar-refractivity contribution in [3.8, 4) is 5.75 Å². The highest BCUT2D eigenvalue weighted by Crippen LogP contribution is 2.36. The molecule has 1 atom stereocenters. The van der Waals surface area contributed by atoms with Crippen LogP contribution in [-0.2, 0) is 6.54 Å². The van der Waals surface area contributed by atoms with Gasteiger partial charge >= 0.3 is 0 Å². The number of aliphatic hydroxyl groups excluding tert-OH is 1. The van der Waals surface area contributed by atoms with Crippen LogP contribution in [0.25, 0.3) is 0 Å². The highest BCUT2D eigenvalue weighted by atomic mass is 32.2. The maximum atomic E-state index is 14.1. The summed E-state index contributed by atoms with van der Waals surface area (Å²) in [5.41, 5.74) is 0.706. The fourth-order valence-electron chi connectivity index (χ4n) is 4.04. The summed E-state index contributed by atoms with van der Waals surface area (Å²) in [6.07, 6.45) is 4.40. The molecule has 7 heteroatoms. The van der Waals surface area contributed by atoms with Crippen molar-refractivity contribution in [2.75, 3.05) is 19.7 Å². The van der Waals surface area contributed by atoms with E-state index >= 15 is 0 Å². The van der Waals surface area contributed by atoms with Crippen LogP contribution < -0.4 is 4.72 Å². The lowest BCUT2D eigenvalue weighted by Gasteiger charge is -2.33. The van der Waals surface area contributed by atoms with Crippen molar-refractivity contribution in [3.05, 3.63) is 29.1 Å². The van der Waals surface area contributed by atoms with Gasteiger partial charge in [0.25, 0.3) is 5.91 Å². The van der Waals surface area contributed by atoms with Crippen LogP contribution in [0.4, 0.5) is 4.39 Å². The summed E-state index contributed by atoms with van der Waals surface area (Å²) < 4.78 is 17.2. The molecule has 0 aromatic heterocycles. The van der Waals surface area contributed by atoms with Gasteiger partial charge in [0, 0.05) is 24.9 Å². The molecule has 1 amide bonds. The summed E-state index contributed by atoms with van der Waals surface area (Å²) >= 11 is 1.70. The smallest absolute Gasteiger partial charge is 0.257 e. The Morgan fingerprint density at radius 1 is 1.35 bits per heavy atom. The monoisotopic (exact) mass is 382 g/mol. The van der Waals surface area contributed by atoms with Crippen LogP contribution in [0.15, 0.2) is 12.1 Å². The van der Waals surface area contributed by atoms with E-state index in [0.717, 1.165) is 25.7 Å². The quantitative estimate of drug-likeness (QED) is 0.500. The number of nitrogens with zero attached hydrogens (tertiary/aromatic N) is 1. The number of phenols is 1. The van der Waals surface area contributed by atoms with Crippen molar-refractivity contribution >= 4 is 17.9 Å². The Morgan fingerprint density at radius 3 is 2.77 bits per heavy atom. The lowest BCUT2D eigenvalue weighted by molar-refractivity contribution is 0.0726. The fraction of sp³-hybridized carbons (Fsp3) is 0.632. The van der Waals surface area contributed by atoms with Crippen LogP contribution in [0.2, 0.25) is 0 Å². The molecule has 5 nitrogen and oxygen atoms in total. The molecule has 3 rings (SSSR count). The molecule has 1 aliphatic carbocycles. The topological polar surface area (TPSA) is 72.8 Å². The minimum Gasteiger partial charge on any atom is -0.505 e. The summed E-state index contributed by atoms with van der Waals surface area (Å²) in [6, 6.07) is 2.96. The van der Waals surface area contributed by atoms with Crippen LogP contribution in [-0.4, -0.2) is 46.0 Å². The van der Waals surface area contributed by atoms with Gasteiger partial charge in [0.05, 0.1) is 12.2 Å². The third kappa shape index (κ3) is 4.15. The summed E-state index contributed by atoms with van der Waals surface area (Å²) in [5.74, 6) is -0.458. The number of aromatic hydroxyl groups is 1. The lowest BCUT2D eigenvalue weighted by atomic mass is 9.80. The first kappa shape index (κ1) is 19.5. The number of carbonyl (C=O) groups is 1. The molecule has 1 heterocycles. The van der Waals surface area contributed by atoms with Crippen LogP contribution in [0.1, 0.15) is 48.5 Å². The molecule has 1 fully saturated rings. The number of carbonyl (C=O) groups excluding carboxylic acids is 1. The molecule has 0 spiro atoms. The van der Waals surface area contributed by atoms with Gasteiger partial charge < -0.3 is 15.1 Å². The van der Waals surface area contributed by atoms with Crippen molar-refractivity contribution in [1.82, 2.24) is 9.62 Å². The Bertz CT molecular complexity index is 650. The number of nitrogens with one attached hydrogen (secondary N) is 1. The molecule has 26 heavy (non-hydrogen) atoms. The number of halogens is 1. The Labute approximate surface area is 158 Å². The van der Waals surface area contributed by atoms with Crippen molar-refractivity contribution in [2.24, 2.45) is 11.8 Å².